The molecule has 2 N–H and O–H groups in total. The summed E-state index contributed by atoms with van der Waals surface area (Å²) in [7, 11) is 0. The summed E-state index contributed by atoms with van der Waals surface area (Å²) in [5, 5.41) is 0. The summed E-state index contributed by atoms with van der Waals surface area (Å²) >= 11 is 3.38. The molecule has 0 spiro atoms. The molecule has 0 aliphatic rings. The molecule has 0 fully saturated rings. The van der Waals surface area contributed by atoms with Crippen LogP contribution in [0.25, 0.3) is 11.0 Å². The van der Waals surface area contributed by atoms with Crippen molar-refractivity contribution >= 4 is 32.7 Å². The molecule has 5 heteroatoms. The van der Waals surface area contributed by atoms with Crippen LogP contribution in [0.15, 0.2) is 53.3 Å². The van der Waals surface area contributed by atoms with Crippen molar-refractivity contribution < 1.29 is 4.74 Å². The molecule has 1 aromatic carbocycles. The van der Waals surface area contributed by atoms with E-state index in [0.29, 0.717) is 6.61 Å². The Morgan fingerprint density at radius 1 is 1.10 bits per heavy atom. The number of fused-ring (bicyclic) bond motifs is 1. The van der Waals surface area contributed by atoms with Crippen LogP contribution in [0, 0.1) is 0 Å². The smallest absolute Gasteiger partial charge is 0.149 e. The zero-order valence-corrected chi connectivity index (χ0v) is 12.2. The van der Waals surface area contributed by atoms with Crippen molar-refractivity contribution in [2.45, 2.75) is 6.61 Å². The minimum Gasteiger partial charge on any atom is -0.486 e. The highest BCUT2D eigenvalue weighted by molar-refractivity contribution is 9.10. The minimum atomic E-state index is 0.469. The van der Waals surface area contributed by atoms with Gasteiger partial charge in [-0.1, -0.05) is 12.1 Å². The van der Waals surface area contributed by atoms with Crippen molar-refractivity contribution in [1.82, 2.24) is 9.97 Å². The molecular weight excluding hydrogens is 318 g/mol. The lowest BCUT2D eigenvalue weighted by Gasteiger charge is -2.08. The summed E-state index contributed by atoms with van der Waals surface area (Å²) in [6.45, 7) is 0.469. The van der Waals surface area contributed by atoms with Crippen LogP contribution in [-0.4, -0.2) is 9.97 Å². The van der Waals surface area contributed by atoms with E-state index in [2.05, 4.69) is 25.9 Å². The van der Waals surface area contributed by atoms with Gasteiger partial charge in [0.15, 0.2) is 0 Å². The monoisotopic (exact) mass is 329 g/mol. The van der Waals surface area contributed by atoms with Crippen molar-refractivity contribution in [3.63, 3.8) is 0 Å². The Hall–Kier alpha value is -2.14. The Morgan fingerprint density at radius 3 is 2.70 bits per heavy atom. The van der Waals surface area contributed by atoms with Gasteiger partial charge in [-0.25, -0.2) is 4.98 Å². The summed E-state index contributed by atoms with van der Waals surface area (Å²) in [6.07, 6.45) is 3.45. The molecule has 2 heterocycles. The van der Waals surface area contributed by atoms with Crippen LogP contribution in [-0.2, 0) is 6.61 Å². The van der Waals surface area contributed by atoms with Gasteiger partial charge in [0, 0.05) is 28.6 Å². The van der Waals surface area contributed by atoms with Crippen LogP contribution in [0.4, 0.5) is 5.69 Å². The van der Waals surface area contributed by atoms with Gasteiger partial charge in [0.05, 0.1) is 5.52 Å². The van der Waals surface area contributed by atoms with E-state index in [0.717, 1.165) is 32.5 Å². The fourth-order valence-corrected chi connectivity index (χ4v) is 2.19. The number of nitrogens with zero attached hydrogens (tertiary/aromatic N) is 2. The predicted octanol–water partition coefficient (Wildman–Crippen LogP) is 3.55. The van der Waals surface area contributed by atoms with Crippen LogP contribution in [0.2, 0.25) is 0 Å². The number of nitrogens with two attached hydrogens (primary N) is 1. The highest BCUT2D eigenvalue weighted by Crippen LogP contribution is 2.24. The van der Waals surface area contributed by atoms with Gasteiger partial charge in [-0.2, -0.15) is 0 Å². The van der Waals surface area contributed by atoms with E-state index in [-0.39, 0.29) is 0 Å². The highest BCUT2D eigenvalue weighted by atomic mass is 79.9. The van der Waals surface area contributed by atoms with Crippen molar-refractivity contribution in [2.75, 3.05) is 5.73 Å². The van der Waals surface area contributed by atoms with E-state index >= 15 is 0 Å². The van der Waals surface area contributed by atoms with Crippen LogP contribution < -0.4 is 10.5 Å². The second-order valence-electron chi connectivity index (χ2n) is 4.36. The van der Waals surface area contributed by atoms with E-state index in [1.807, 2.05) is 36.4 Å². The Balaban J connectivity index is 1.85. The number of pyridine rings is 2. The fourth-order valence-electron chi connectivity index (χ4n) is 1.87. The fraction of sp³-hybridized carbons (Fsp3) is 0.0667. The molecule has 0 unspecified atom stereocenters. The quantitative estimate of drug-likeness (QED) is 0.746. The molecule has 20 heavy (non-hydrogen) atoms. The molecule has 0 aliphatic heterocycles. The number of hydrogen-bond donors (Lipinski definition) is 1. The van der Waals surface area contributed by atoms with Gasteiger partial charge in [0.2, 0.25) is 0 Å². The molecule has 0 atom stereocenters. The van der Waals surface area contributed by atoms with Crippen molar-refractivity contribution in [3.05, 3.63) is 58.8 Å². The molecule has 4 nitrogen and oxygen atoms in total. The Labute approximate surface area is 124 Å². The van der Waals surface area contributed by atoms with Crippen LogP contribution in [0.3, 0.4) is 0 Å². The maximum absolute atomic E-state index is 5.83. The number of ether oxygens (including phenoxy) is 1. The number of aromatic nitrogens is 2. The van der Waals surface area contributed by atoms with Crippen LogP contribution in [0.5, 0.6) is 5.75 Å². The van der Waals surface area contributed by atoms with Crippen molar-refractivity contribution in [2.24, 2.45) is 0 Å². The number of anilines is 1. The summed E-state index contributed by atoms with van der Waals surface area (Å²) in [6, 6.07) is 11.3. The maximum Gasteiger partial charge on any atom is 0.149 e. The summed E-state index contributed by atoms with van der Waals surface area (Å²) in [4.78, 5) is 8.63. The molecule has 0 bridgehead atoms. The minimum absolute atomic E-state index is 0.469. The van der Waals surface area contributed by atoms with Crippen molar-refractivity contribution in [1.29, 1.82) is 0 Å². The Kier molecular flexibility index (Phi) is 3.52. The Bertz CT molecular complexity index is 744. The van der Waals surface area contributed by atoms with Gasteiger partial charge < -0.3 is 10.5 Å². The van der Waals surface area contributed by atoms with Gasteiger partial charge in [-0.05, 0) is 39.7 Å². The first-order valence-corrected chi connectivity index (χ1v) is 6.89. The van der Waals surface area contributed by atoms with Crippen molar-refractivity contribution in [3.8, 4) is 5.75 Å². The third-order valence-corrected chi connectivity index (χ3v) is 3.31. The molecule has 0 saturated heterocycles. The first kappa shape index (κ1) is 12.9. The highest BCUT2D eigenvalue weighted by Gasteiger charge is 2.05. The third-order valence-electron chi connectivity index (χ3n) is 2.88. The van der Waals surface area contributed by atoms with Crippen LogP contribution in [0.1, 0.15) is 5.56 Å². The summed E-state index contributed by atoms with van der Waals surface area (Å²) < 4.78 is 6.72. The average molecular weight is 330 g/mol. The topological polar surface area (TPSA) is 61.0 Å². The standard InChI is InChI=1S/C15H12BrN3O/c16-11-7-13-15(19-8-11)14(5-6-18-13)20-9-10-1-3-12(17)4-2-10/h1-8H,9,17H2. The van der Waals surface area contributed by atoms with E-state index in [1.165, 1.54) is 0 Å². The predicted molar refractivity (Wildman–Crippen MR) is 82.4 cm³/mol. The number of halogens is 1. The van der Waals surface area contributed by atoms with Crippen LogP contribution >= 0.6 is 15.9 Å². The lowest BCUT2D eigenvalue weighted by atomic mass is 10.2. The van der Waals surface area contributed by atoms with Gasteiger partial charge in [0.25, 0.3) is 0 Å². The molecular formula is C15H12BrN3O. The number of benzene rings is 1. The average Bonchev–Trinajstić information content (AvgIpc) is 2.46. The second-order valence-corrected chi connectivity index (χ2v) is 5.28. The molecule has 0 saturated carbocycles. The molecule has 2 aromatic heterocycles. The second kappa shape index (κ2) is 5.46. The van der Waals surface area contributed by atoms with Gasteiger partial charge in [-0.3, -0.25) is 4.98 Å². The largest absolute Gasteiger partial charge is 0.486 e. The first-order valence-electron chi connectivity index (χ1n) is 6.10. The number of hydrogen-bond acceptors (Lipinski definition) is 4. The van der Waals surface area contributed by atoms with Gasteiger partial charge in [0.1, 0.15) is 17.9 Å². The zero-order valence-electron chi connectivity index (χ0n) is 10.6. The molecule has 3 aromatic rings. The first-order chi connectivity index (χ1) is 9.72. The lowest BCUT2D eigenvalue weighted by Crippen LogP contribution is -1.97. The summed E-state index contributed by atoms with van der Waals surface area (Å²) in [5.41, 5.74) is 9.02. The normalized spacial score (nSPS) is 10.7. The molecule has 3 rings (SSSR count). The molecule has 100 valence electrons. The molecule has 0 aliphatic carbocycles. The zero-order chi connectivity index (χ0) is 13.9. The van der Waals surface area contributed by atoms with E-state index < -0.39 is 0 Å². The third kappa shape index (κ3) is 2.72. The van der Waals surface area contributed by atoms with Gasteiger partial charge in [-0.15, -0.1) is 0 Å². The number of rotatable bonds is 3. The van der Waals surface area contributed by atoms with E-state index in [4.69, 9.17) is 10.5 Å². The lowest BCUT2D eigenvalue weighted by molar-refractivity contribution is 0.309. The summed E-state index contributed by atoms with van der Waals surface area (Å²) in [5.74, 6) is 0.722. The maximum atomic E-state index is 5.83. The SMILES string of the molecule is Nc1ccc(COc2ccnc3cc(Br)cnc23)cc1. The number of nitrogen functional groups attached to an aromatic ring is 1. The molecule has 0 radical (unpaired) electrons. The Morgan fingerprint density at radius 2 is 1.90 bits per heavy atom. The van der Waals surface area contributed by atoms with E-state index in [9.17, 15) is 0 Å². The molecule has 0 amide bonds. The van der Waals surface area contributed by atoms with E-state index in [1.54, 1.807) is 12.4 Å². The van der Waals surface area contributed by atoms with Gasteiger partial charge >= 0.3 is 0 Å².